The Balaban J connectivity index is -0.0000115. The third-order valence-electron chi connectivity index (χ3n) is 11.3. The second-order valence-electron chi connectivity index (χ2n) is 16.4. The van der Waals surface area contributed by atoms with Gasteiger partial charge in [0, 0.05) is 19.4 Å². The van der Waals surface area contributed by atoms with E-state index in [0.717, 1.165) is 25.8 Å². The molecular formula is C47H97NO3. The predicted octanol–water partition coefficient (Wildman–Crippen LogP) is 15.3. The summed E-state index contributed by atoms with van der Waals surface area (Å²) in [5, 5.41) is 0. The average Bonchev–Trinajstić information content (AvgIpc) is 3.07. The van der Waals surface area contributed by atoms with E-state index >= 15 is 0 Å². The predicted molar refractivity (Wildman–Crippen MR) is 229 cm³/mol. The molecule has 0 N–H and O–H groups in total. The topological polar surface area (TPSA) is 46.6 Å². The molecule has 0 aliphatic rings. The molecule has 4 heteroatoms. The van der Waals surface area contributed by atoms with Gasteiger partial charge in [0.25, 0.3) is 0 Å². The van der Waals surface area contributed by atoms with E-state index < -0.39 is 0 Å². The fourth-order valence-corrected chi connectivity index (χ4v) is 7.66. The minimum absolute atomic E-state index is 0. The van der Waals surface area contributed by atoms with Crippen LogP contribution in [0.25, 0.3) is 0 Å². The molecule has 0 aromatic heterocycles. The van der Waals surface area contributed by atoms with Crippen LogP contribution < -0.4 is 0 Å². The molecule has 0 amide bonds. The summed E-state index contributed by atoms with van der Waals surface area (Å²) in [5.74, 6) is 0.725. The molecule has 51 heavy (non-hydrogen) atoms. The molecule has 0 aliphatic carbocycles. The van der Waals surface area contributed by atoms with Crippen LogP contribution in [0.3, 0.4) is 0 Å². The van der Waals surface area contributed by atoms with Crippen molar-refractivity contribution in [2.75, 3.05) is 20.2 Å². The van der Waals surface area contributed by atoms with E-state index in [-0.39, 0.29) is 27.0 Å². The van der Waals surface area contributed by atoms with Crippen LogP contribution >= 0.6 is 0 Å². The van der Waals surface area contributed by atoms with Crippen LogP contribution in [0.2, 0.25) is 0 Å². The molecule has 0 aliphatic heterocycles. The number of ether oxygens (including phenoxy) is 1. The maximum absolute atomic E-state index is 12.8. The molecule has 0 aromatic carbocycles. The van der Waals surface area contributed by atoms with Crippen molar-refractivity contribution in [2.45, 2.75) is 268 Å². The van der Waals surface area contributed by atoms with Crippen LogP contribution in [-0.4, -0.2) is 48.8 Å². The molecule has 0 saturated heterocycles. The van der Waals surface area contributed by atoms with Crippen LogP contribution in [0.5, 0.6) is 0 Å². The Morgan fingerprint density at radius 3 is 1.22 bits per heavy atom. The number of hydrogen-bond donors (Lipinski definition) is 0. The van der Waals surface area contributed by atoms with Crippen molar-refractivity contribution in [1.82, 2.24) is 4.90 Å². The first-order valence-electron chi connectivity index (χ1n) is 22.0. The Bertz CT molecular complexity index is 737. The number of nitrogens with zero attached hydrogens (tertiary/aromatic N) is 1. The van der Waals surface area contributed by atoms with Crippen molar-refractivity contribution in [3.05, 3.63) is 0 Å². The monoisotopic (exact) mass is 724 g/mol. The quantitative estimate of drug-likeness (QED) is 0.0592. The van der Waals surface area contributed by atoms with Crippen molar-refractivity contribution < 1.29 is 14.3 Å². The van der Waals surface area contributed by atoms with E-state index in [1.165, 1.54) is 173 Å². The molecule has 2 atom stereocenters. The van der Waals surface area contributed by atoms with Crippen molar-refractivity contribution in [3.8, 4) is 0 Å². The maximum Gasteiger partial charge on any atom is 0.149 e. The van der Waals surface area contributed by atoms with Gasteiger partial charge in [0.15, 0.2) is 0 Å². The summed E-state index contributed by atoms with van der Waals surface area (Å²) in [6.07, 6.45) is 40.9. The molecule has 0 heterocycles. The van der Waals surface area contributed by atoms with Gasteiger partial charge < -0.3 is 9.53 Å². The number of hydrogen-bond acceptors (Lipinski definition) is 4. The summed E-state index contributed by atoms with van der Waals surface area (Å²) in [6, 6.07) is -0.0199. The molecule has 2 unspecified atom stereocenters. The van der Waals surface area contributed by atoms with Gasteiger partial charge in [-0.05, 0) is 78.7 Å². The van der Waals surface area contributed by atoms with E-state index in [9.17, 15) is 9.59 Å². The smallest absolute Gasteiger partial charge is 0.149 e. The van der Waals surface area contributed by atoms with Gasteiger partial charge in [-0.3, -0.25) is 9.69 Å². The summed E-state index contributed by atoms with van der Waals surface area (Å²) in [5.41, 5.74) is 0.528. The minimum atomic E-state index is -0.0199. The summed E-state index contributed by atoms with van der Waals surface area (Å²) < 4.78 is 5.68. The number of carbonyl (C=O) groups is 2. The molecule has 0 saturated carbocycles. The van der Waals surface area contributed by atoms with E-state index in [1.807, 2.05) is 7.05 Å². The number of likely N-dealkylation sites (N-methyl/N-ethyl adjacent to an activating group) is 1. The Morgan fingerprint density at radius 1 is 0.529 bits per heavy atom. The van der Waals surface area contributed by atoms with E-state index in [0.29, 0.717) is 30.0 Å². The molecule has 0 radical (unpaired) electrons. The third kappa shape index (κ3) is 34.8. The van der Waals surface area contributed by atoms with Crippen LogP contribution in [0.4, 0.5) is 0 Å². The van der Waals surface area contributed by atoms with Gasteiger partial charge in [0.2, 0.25) is 0 Å². The number of Topliss-reactive ketones (excluding diaryl/α,β-unsaturated/α-hetero) is 2. The standard InChI is InChI=1S/C45H89NO3.2CH4/c1-8-10-12-14-16-18-24-30-36-45(35-29-23-17-15-13-11-9-2,37-31-25-19-21-27-33-42(5)47)38-32-26-20-22-28-34-44(48)43(6)46(7)39-40-49-41(3)4;;/h41,43H,8-40H2,1-7H3;2*1H4. The summed E-state index contributed by atoms with van der Waals surface area (Å²) in [7, 11) is 2.05. The highest BCUT2D eigenvalue weighted by Crippen LogP contribution is 2.42. The maximum atomic E-state index is 12.8. The highest BCUT2D eigenvalue weighted by molar-refractivity contribution is 5.83. The minimum Gasteiger partial charge on any atom is -0.377 e. The normalized spacial score (nSPS) is 13.2. The van der Waals surface area contributed by atoms with Gasteiger partial charge in [-0.1, -0.05) is 176 Å². The van der Waals surface area contributed by atoms with E-state index in [1.54, 1.807) is 6.92 Å². The lowest BCUT2D eigenvalue weighted by Crippen LogP contribution is -2.38. The third-order valence-corrected chi connectivity index (χ3v) is 11.3. The van der Waals surface area contributed by atoms with Crippen LogP contribution in [0.15, 0.2) is 0 Å². The largest absolute Gasteiger partial charge is 0.377 e. The van der Waals surface area contributed by atoms with E-state index in [4.69, 9.17) is 4.74 Å². The van der Waals surface area contributed by atoms with Gasteiger partial charge in [-0.25, -0.2) is 0 Å². The fourth-order valence-electron chi connectivity index (χ4n) is 7.66. The van der Waals surface area contributed by atoms with Crippen LogP contribution in [-0.2, 0) is 14.3 Å². The Labute approximate surface area is 323 Å². The van der Waals surface area contributed by atoms with Gasteiger partial charge in [-0.15, -0.1) is 0 Å². The molecule has 308 valence electrons. The van der Waals surface area contributed by atoms with Crippen LogP contribution in [0, 0.1) is 5.41 Å². The van der Waals surface area contributed by atoms with E-state index in [2.05, 4.69) is 39.5 Å². The Hall–Kier alpha value is -0.740. The Morgan fingerprint density at radius 2 is 0.863 bits per heavy atom. The molecule has 0 fully saturated rings. The summed E-state index contributed by atoms with van der Waals surface area (Å²) in [6.45, 7) is 14.0. The first-order valence-corrected chi connectivity index (χ1v) is 22.0. The Kier molecular flexibility index (Phi) is 41.7. The average molecular weight is 724 g/mol. The second-order valence-corrected chi connectivity index (χ2v) is 16.4. The van der Waals surface area contributed by atoms with Crippen molar-refractivity contribution >= 4 is 11.6 Å². The SMILES string of the molecule is C.C.CCCCCCCCCCC(CCCCCCCCC)(CCCCCCCC(C)=O)CCCCCCCC(=O)C(C)N(C)CCOC(C)C. The lowest BCUT2D eigenvalue weighted by molar-refractivity contribution is -0.123. The summed E-state index contributed by atoms with van der Waals surface area (Å²) in [4.78, 5) is 26.3. The molecular weight excluding hydrogens is 627 g/mol. The molecule has 0 rings (SSSR count). The molecule has 0 bridgehead atoms. The summed E-state index contributed by atoms with van der Waals surface area (Å²) >= 11 is 0. The zero-order chi connectivity index (χ0) is 36.4. The molecule has 0 spiro atoms. The first kappa shape index (κ1) is 54.6. The molecule has 0 aromatic rings. The van der Waals surface area contributed by atoms with Gasteiger partial charge in [-0.2, -0.15) is 0 Å². The molecule has 4 nitrogen and oxygen atoms in total. The highest BCUT2D eigenvalue weighted by atomic mass is 16.5. The number of ketones is 2. The van der Waals surface area contributed by atoms with Gasteiger partial charge in [0.1, 0.15) is 11.6 Å². The number of rotatable bonds is 39. The number of carbonyl (C=O) groups excluding carboxylic acids is 2. The van der Waals surface area contributed by atoms with Gasteiger partial charge in [0.05, 0.1) is 18.8 Å². The first-order chi connectivity index (χ1) is 23.7. The van der Waals surface area contributed by atoms with Crippen molar-refractivity contribution in [1.29, 1.82) is 0 Å². The van der Waals surface area contributed by atoms with Crippen molar-refractivity contribution in [3.63, 3.8) is 0 Å². The fraction of sp³-hybridized carbons (Fsp3) is 0.957. The lowest BCUT2D eigenvalue weighted by Gasteiger charge is -2.35. The van der Waals surface area contributed by atoms with Crippen LogP contribution in [0.1, 0.15) is 255 Å². The zero-order valence-corrected chi connectivity index (χ0v) is 34.7. The zero-order valence-electron chi connectivity index (χ0n) is 34.7. The highest BCUT2D eigenvalue weighted by Gasteiger charge is 2.28. The lowest BCUT2D eigenvalue weighted by atomic mass is 9.70. The second kappa shape index (κ2) is 39.0. The van der Waals surface area contributed by atoms with Crippen molar-refractivity contribution in [2.24, 2.45) is 5.41 Å². The van der Waals surface area contributed by atoms with Gasteiger partial charge >= 0.3 is 0 Å². The number of unbranched alkanes of at least 4 members (excludes halogenated alkanes) is 21.